The number of hydrogen-bond donors (Lipinski definition) is 3. The summed E-state index contributed by atoms with van der Waals surface area (Å²) in [7, 11) is 0. The second-order valence-corrected chi connectivity index (χ2v) is 7.80. The van der Waals surface area contributed by atoms with Crippen LogP contribution in [-0.4, -0.2) is 29.5 Å². The summed E-state index contributed by atoms with van der Waals surface area (Å²) >= 11 is 11.9. The highest BCUT2D eigenvalue weighted by molar-refractivity contribution is 6.36. The highest BCUT2D eigenvalue weighted by atomic mass is 35.5. The van der Waals surface area contributed by atoms with Crippen LogP contribution in [0.5, 0.6) is 0 Å². The quantitative estimate of drug-likeness (QED) is 0.601. The molecule has 2 aromatic carbocycles. The normalized spacial score (nSPS) is 13.1. The molecule has 150 valence electrons. The molecule has 0 unspecified atom stereocenters. The lowest BCUT2D eigenvalue weighted by atomic mass is 10.0. The molecular formula is C21H24Cl2N2O3. The second kappa shape index (κ2) is 10.5. The molecule has 0 saturated carbocycles. The Kier molecular flexibility index (Phi) is 8.30. The van der Waals surface area contributed by atoms with E-state index in [1.807, 2.05) is 32.0 Å². The molecule has 2 atom stereocenters. The fourth-order valence-electron chi connectivity index (χ4n) is 2.73. The molecule has 0 radical (unpaired) electrons. The molecule has 0 aliphatic rings. The molecule has 0 bridgehead atoms. The first-order valence-corrected chi connectivity index (χ1v) is 9.80. The van der Waals surface area contributed by atoms with Crippen molar-refractivity contribution in [2.75, 3.05) is 6.54 Å². The van der Waals surface area contributed by atoms with Gasteiger partial charge in [0.15, 0.2) is 0 Å². The lowest BCUT2D eigenvalue weighted by Gasteiger charge is -2.21. The van der Waals surface area contributed by atoms with Crippen molar-refractivity contribution in [3.05, 3.63) is 69.7 Å². The lowest BCUT2D eigenvalue weighted by molar-refractivity contribution is -0.123. The fraction of sp³-hybridized carbons (Fsp3) is 0.333. The average molecular weight is 423 g/mol. The van der Waals surface area contributed by atoms with Gasteiger partial charge in [-0.1, -0.05) is 67.4 Å². The Bertz CT molecular complexity index is 813. The average Bonchev–Trinajstić information content (AvgIpc) is 2.65. The fourth-order valence-corrected chi connectivity index (χ4v) is 3.22. The van der Waals surface area contributed by atoms with Gasteiger partial charge in [-0.05, 0) is 36.1 Å². The van der Waals surface area contributed by atoms with Gasteiger partial charge in [-0.3, -0.25) is 9.59 Å². The van der Waals surface area contributed by atoms with E-state index < -0.39 is 18.1 Å². The van der Waals surface area contributed by atoms with E-state index in [0.29, 0.717) is 17.0 Å². The molecule has 2 amide bonds. The molecule has 5 nitrogen and oxygen atoms in total. The van der Waals surface area contributed by atoms with Crippen LogP contribution in [0.2, 0.25) is 10.0 Å². The molecule has 7 heteroatoms. The molecule has 3 N–H and O–H groups in total. The number of aliphatic hydroxyl groups is 1. The number of carbonyl (C=O) groups is 2. The van der Waals surface area contributed by atoms with Crippen molar-refractivity contribution in [2.45, 2.75) is 32.4 Å². The largest absolute Gasteiger partial charge is 0.387 e. The zero-order valence-corrected chi connectivity index (χ0v) is 17.3. The maximum Gasteiger partial charge on any atom is 0.253 e. The summed E-state index contributed by atoms with van der Waals surface area (Å²) in [4.78, 5) is 25.2. The van der Waals surface area contributed by atoms with Crippen LogP contribution in [0.3, 0.4) is 0 Å². The van der Waals surface area contributed by atoms with E-state index in [0.717, 1.165) is 0 Å². The third-order valence-electron chi connectivity index (χ3n) is 4.16. The van der Waals surface area contributed by atoms with E-state index in [2.05, 4.69) is 10.6 Å². The summed E-state index contributed by atoms with van der Waals surface area (Å²) in [5.74, 6) is -0.635. The third-order valence-corrected chi connectivity index (χ3v) is 4.71. The molecule has 0 spiro atoms. The van der Waals surface area contributed by atoms with Crippen LogP contribution in [0.25, 0.3) is 0 Å². The van der Waals surface area contributed by atoms with Gasteiger partial charge in [0, 0.05) is 11.6 Å². The van der Waals surface area contributed by atoms with E-state index in [1.54, 1.807) is 18.2 Å². The standard InChI is InChI=1S/C21H24Cl2N2O3/c1-13(2)10-18(25-20(27)16-9-8-15(22)11-17(16)23)21(28)24-12-19(26)14-6-4-3-5-7-14/h3-9,11,13,18-19,26H,10,12H2,1-2H3,(H,24,28)(H,25,27)/t18-,19-/m1/s1. The SMILES string of the molecule is CC(C)C[C@@H](NC(=O)c1ccc(Cl)cc1Cl)C(=O)NC[C@@H](O)c1ccccc1. The molecule has 0 fully saturated rings. The summed E-state index contributed by atoms with van der Waals surface area (Å²) in [6.45, 7) is 3.97. The third kappa shape index (κ3) is 6.51. The van der Waals surface area contributed by atoms with Gasteiger partial charge in [0.05, 0.1) is 16.7 Å². The molecule has 28 heavy (non-hydrogen) atoms. The number of halogens is 2. The van der Waals surface area contributed by atoms with Crippen LogP contribution in [-0.2, 0) is 4.79 Å². The summed E-state index contributed by atoms with van der Waals surface area (Å²) in [6.07, 6.45) is -0.379. The van der Waals surface area contributed by atoms with E-state index >= 15 is 0 Å². The van der Waals surface area contributed by atoms with E-state index in [1.165, 1.54) is 12.1 Å². The van der Waals surface area contributed by atoms with Crippen LogP contribution in [0.15, 0.2) is 48.5 Å². The summed E-state index contributed by atoms with van der Waals surface area (Å²) in [5.41, 5.74) is 0.956. The van der Waals surface area contributed by atoms with Crippen molar-refractivity contribution < 1.29 is 14.7 Å². The van der Waals surface area contributed by atoms with Gasteiger partial charge in [-0.25, -0.2) is 0 Å². The Balaban J connectivity index is 2.03. The predicted molar refractivity (Wildman–Crippen MR) is 112 cm³/mol. The summed E-state index contributed by atoms with van der Waals surface area (Å²) < 4.78 is 0. The van der Waals surface area contributed by atoms with Crippen LogP contribution in [0, 0.1) is 5.92 Å². The van der Waals surface area contributed by atoms with Crippen molar-refractivity contribution in [1.29, 1.82) is 0 Å². The van der Waals surface area contributed by atoms with Gasteiger partial charge in [0.25, 0.3) is 5.91 Å². The van der Waals surface area contributed by atoms with Crippen molar-refractivity contribution in [1.82, 2.24) is 10.6 Å². The minimum absolute atomic E-state index is 0.0506. The van der Waals surface area contributed by atoms with Crippen LogP contribution < -0.4 is 10.6 Å². The molecule has 0 aromatic heterocycles. The number of hydrogen-bond acceptors (Lipinski definition) is 3. The van der Waals surface area contributed by atoms with Crippen LogP contribution in [0.4, 0.5) is 0 Å². The smallest absolute Gasteiger partial charge is 0.253 e. The van der Waals surface area contributed by atoms with Gasteiger partial charge in [0.2, 0.25) is 5.91 Å². The molecule has 0 saturated heterocycles. The van der Waals surface area contributed by atoms with Crippen LogP contribution in [0.1, 0.15) is 42.3 Å². The van der Waals surface area contributed by atoms with E-state index in [4.69, 9.17) is 23.2 Å². The summed E-state index contributed by atoms with van der Waals surface area (Å²) in [6, 6.07) is 12.9. The maximum atomic E-state index is 12.6. The van der Waals surface area contributed by atoms with E-state index in [-0.39, 0.29) is 29.0 Å². The first kappa shape index (κ1) is 22.2. The minimum Gasteiger partial charge on any atom is -0.387 e. The first-order chi connectivity index (χ1) is 13.3. The Hall–Kier alpha value is -2.08. The van der Waals surface area contributed by atoms with Gasteiger partial charge >= 0.3 is 0 Å². The number of amides is 2. The Morgan fingerprint density at radius 3 is 2.36 bits per heavy atom. The molecular weight excluding hydrogens is 399 g/mol. The van der Waals surface area contributed by atoms with Crippen molar-refractivity contribution >= 4 is 35.0 Å². The highest BCUT2D eigenvalue weighted by Gasteiger charge is 2.24. The number of rotatable bonds is 8. The van der Waals surface area contributed by atoms with Crippen molar-refractivity contribution in [3.8, 4) is 0 Å². The van der Waals surface area contributed by atoms with Gasteiger partial charge in [0.1, 0.15) is 6.04 Å². The maximum absolute atomic E-state index is 12.6. The minimum atomic E-state index is -0.828. The molecule has 2 aromatic rings. The molecule has 0 aliphatic heterocycles. The number of carbonyl (C=O) groups excluding carboxylic acids is 2. The van der Waals surface area contributed by atoms with Gasteiger partial charge in [-0.15, -0.1) is 0 Å². The number of aliphatic hydroxyl groups excluding tert-OH is 1. The lowest BCUT2D eigenvalue weighted by Crippen LogP contribution is -2.48. The van der Waals surface area contributed by atoms with Crippen molar-refractivity contribution in [2.24, 2.45) is 5.92 Å². The highest BCUT2D eigenvalue weighted by Crippen LogP contribution is 2.21. The van der Waals surface area contributed by atoms with Crippen molar-refractivity contribution in [3.63, 3.8) is 0 Å². The second-order valence-electron chi connectivity index (χ2n) is 6.95. The Morgan fingerprint density at radius 2 is 1.75 bits per heavy atom. The van der Waals surface area contributed by atoms with E-state index in [9.17, 15) is 14.7 Å². The number of nitrogens with one attached hydrogen (secondary N) is 2. The first-order valence-electron chi connectivity index (χ1n) is 9.04. The monoisotopic (exact) mass is 422 g/mol. The topological polar surface area (TPSA) is 78.4 Å². The number of benzene rings is 2. The summed E-state index contributed by atoms with van der Waals surface area (Å²) in [5, 5.41) is 16.3. The van der Waals surface area contributed by atoms with Gasteiger partial charge < -0.3 is 15.7 Å². The zero-order chi connectivity index (χ0) is 20.7. The molecule has 0 heterocycles. The predicted octanol–water partition coefficient (Wildman–Crippen LogP) is 3.99. The Morgan fingerprint density at radius 1 is 1.07 bits per heavy atom. The van der Waals surface area contributed by atoms with Gasteiger partial charge in [-0.2, -0.15) is 0 Å². The van der Waals surface area contributed by atoms with Crippen LogP contribution >= 0.6 is 23.2 Å². The Labute approximate surface area is 175 Å². The zero-order valence-electron chi connectivity index (χ0n) is 15.8. The molecule has 0 aliphatic carbocycles. The molecule has 2 rings (SSSR count).